The predicted molar refractivity (Wildman–Crippen MR) is 97.9 cm³/mol. The molecular formula is C20H38O3. The number of hydrogen-bond donors (Lipinski definition) is 2. The molecule has 0 unspecified atom stereocenters. The first-order chi connectivity index (χ1) is 11.2. The van der Waals surface area contributed by atoms with E-state index in [1.807, 2.05) is 0 Å². The van der Waals surface area contributed by atoms with Crippen molar-refractivity contribution in [2.24, 2.45) is 0 Å². The first-order valence-electron chi connectivity index (χ1n) is 9.79. The van der Waals surface area contributed by atoms with E-state index in [1.165, 1.54) is 83.5 Å². The van der Waals surface area contributed by atoms with E-state index < -0.39 is 5.97 Å². The average molecular weight is 327 g/mol. The molecule has 0 radical (unpaired) electrons. The molecule has 0 aromatic carbocycles. The molecule has 0 amide bonds. The fourth-order valence-electron chi connectivity index (χ4n) is 2.89. The van der Waals surface area contributed by atoms with Gasteiger partial charge in [-0.15, -0.1) is 0 Å². The molecule has 3 heteroatoms. The van der Waals surface area contributed by atoms with Gasteiger partial charge < -0.3 is 10.2 Å². The molecule has 23 heavy (non-hydrogen) atoms. The monoisotopic (exact) mass is 326 g/mol. The summed E-state index contributed by atoms with van der Waals surface area (Å²) in [6, 6.07) is 0. The lowest BCUT2D eigenvalue weighted by atomic mass is 10.0. The quantitative estimate of drug-likeness (QED) is 0.176. The number of carbonyl (C=O) groups is 1. The Bertz CT molecular complexity index is 297. The normalized spacial score (nSPS) is 11.8. The van der Waals surface area contributed by atoms with Gasteiger partial charge in [0.25, 0.3) is 0 Å². The number of allylic oxidation sites excluding steroid dienone is 1. The molecule has 0 aromatic heterocycles. The number of carboxylic acid groups (broad SMARTS) is 1. The highest BCUT2D eigenvalue weighted by Crippen LogP contribution is 2.14. The molecule has 0 aliphatic heterocycles. The molecule has 0 saturated heterocycles. The van der Waals surface area contributed by atoms with Crippen LogP contribution in [0, 0.1) is 0 Å². The van der Waals surface area contributed by atoms with E-state index >= 15 is 0 Å². The Morgan fingerprint density at radius 1 is 0.652 bits per heavy atom. The van der Waals surface area contributed by atoms with Crippen molar-refractivity contribution in [3.63, 3.8) is 0 Å². The van der Waals surface area contributed by atoms with Crippen molar-refractivity contribution in [3.05, 3.63) is 11.8 Å². The van der Waals surface area contributed by atoms with E-state index in [0.29, 0.717) is 6.42 Å². The van der Waals surface area contributed by atoms with Gasteiger partial charge >= 0.3 is 5.97 Å². The third kappa shape index (κ3) is 19.0. The largest absolute Gasteiger partial charge is 0.512 e. The van der Waals surface area contributed by atoms with Crippen LogP contribution in [0.25, 0.3) is 0 Å². The van der Waals surface area contributed by atoms with Crippen LogP contribution in [0.3, 0.4) is 0 Å². The number of aliphatic hydroxyl groups excluding tert-OH is 1. The third-order valence-corrected chi connectivity index (χ3v) is 4.33. The van der Waals surface area contributed by atoms with Crippen molar-refractivity contribution >= 4 is 5.97 Å². The lowest BCUT2D eigenvalue weighted by Gasteiger charge is -2.03. The highest BCUT2D eigenvalue weighted by Gasteiger charge is 1.98. The van der Waals surface area contributed by atoms with Crippen LogP contribution in [0.1, 0.15) is 110 Å². The number of unbranched alkanes of at least 4 members (excludes halogenated alkanes) is 14. The van der Waals surface area contributed by atoms with Gasteiger partial charge in [-0.2, -0.15) is 0 Å². The zero-order valence-electron chi connectivity index (χ0n) is 15.2. The molecule has 0 aliphatic carbocycles. The van der Waals surface area contributed by atoms with E-state index in [1.54, 1.807) is 0 Å². The van der Waals surface area contributed by atoms with E-state index in [0.717, 1.165) is 18.9 Å². The molecule has 136 valence electrons. The van der Waals surface area contributed by atoms with Crippen molar-refractivity contribution in [1.82, 2.24) is 0 Å². The second-order valence-electron chi connectivity index (χ2n) is 6.67. The lowest BCUT2D eigenvalue weighted by Crippen LogP contribution is -1.92. The zero-order valence-corrected chi connectivity index (χ0v) is 15.2. The van der Waals surface area contributed by atoms with Crippen LogP contribution >= 0.6 is 0 Å². The van der Waals surface area contributed by atoms with Gasteiger partial charge in [0, 0.05) is 6.42 Å². The maximum atomic E-state index is 10.3. The summed E-state index contributed by atoms with van der Waals surface area (Å²) in [5.74, 6) is -1.07. The maximum absolute atomic E-state index is 10.3. The van der Waals surface area contributed by atoms with Crippen LogP contribution in [0.15, 0.2) is 11.8 Å². The van der Waals surface area contributed by atoms with Gasteiger partial charge in [-0.1, -0.05) is 96.8 Å². The lowest BCUT2D eigenvalue weighted by molar-refractivity contribution is -0.131. The summed E-state index contributed by atoms with van der Waals surface area (Å²) in [6.45, 7) is 2.26. The maximum Gasteiger partial charge on any atom is 0.331 e. The molecule has 0 atom stereocenters. The number of aliphatic hydroxyl groups is 1. The minimum Gasteiger partial charge on any atom is -0.512 e. The first-order valence-corrected chi connectivity index (χ1v) is 9.79. The predicted octanol–water partition coefficient (Wildman–Crippen LogP) is 6.77. The van der Waals surface area contributed by atoms with Gasteiger partial charge in [0.1, 0.15) is 0 Å². The van der Waals surface area contributed by atoms with Crippen molar-refractivity contribution in [3.8, 4) is 0 Å². The topological polar surface area (TPSA) is 57.5 Å². The van der Waals surface area contributed by atoms with Crippen LogP contribution in [0.5, 0.6) is 0 Å². The highest BCUT2D eigenvalue weighted by molar-refractivity contribution is 5.80. The van der Waals surface area contributed by atoms with Gasteiger partial charge in [0.2, 0.25) is 0 Å². The summed E-state index contributed by atoms with van der Waals surface area (Å²) in [7, 11) is 0. The summed E-state index contributed by atoms with van der Waals surface area (Å²) in [5, 5.41) is 17.8. The third-order valence-electron chi connectivity index (χ3n) is 4.33. The first kappa shape index (κ1) is 22.0. The standard InChI is InChI=1S/C20H38O3/c1-2-3-4-5-6-7-8-9-10-11-12-13-14-15-16-17-19(21)18-20(22)23/h18,21H,2-17H2,1H3,(H,22,23). The van der Waals surface area contributed by atoms with Crippen molar-refractivity contribution in [2.45, 2.75) is 110 Å². The van der Waals surface area contributed by atoms with Crippen LogP contribution in [0.2, 0.25) is 0 Å². The van der Waals surface area contributed by atoms with E-state index in [4.69, 9.17) is 5.11 Å². The van der Waals surface area contributed by atoms with Crippen LogP contribution in [-0.2, 0) is 4.79 Å². The minimum atomic E-state index is -1.07. The molecule has 2 N–H and O–H groups in total. The highest BCUT2D eigenvalue weighted by atomic mass is 16.4. The Hall–Kier alpha value is -0.990. The Balaban J connectivity index is 3.12. The summed E-state index contributed by atoms with van der Waals surface area (Å²) in [5.41, 5.74) is 0. The SMILES string of the molecule is CCCCCCCCCCCCCCCCCC(O)=CC(=O)O. The minimum absolute atomic E-state index is 0.00723. The molecule has 0 aliphatic rings. The van der Waals surface area contributed by atoms with Gasteiger partial charge in [-0.05, 0) is 6.42 Å². The van der Waals surface area contributed by atoms with Crippen LogP contribution in [0.4, 0.5) is 0 Å². The smallest absolute Gasteiger partial charge is 0.331 e. The van der Waals surface area contributed by atoms with Crippen molar-refractivity contribution < 1.29 is 15.0 Å². The molecule has 0 heterocycles. The summed E-state index contributed by atoms with van der Waals surface area (Å²) in [6.07, 6.45) is 21.0. The van der Waals surface area contributed by atoms with Crippen LogP contribution < -0.4 is 0 Å². The summed E-state index contributed by atoms with van der Waals surface area (Å²) < 4.78 is 0. The molecule has 0 bridgehead atoms. The van der Waals surface area contributed by atoms with Crippen LogP contribution in [-0.4, -0.2) is 16.2 Å². The van der Waals surface area contributed by atoms with Gasteiger partial charge in [-0.3, -0.25) is 0 Å². The fourth-order valence-corrected chi connectivity index (χ4v) is 2.89. The van der Waals surface area contributed by atoms with E-state index in [9.17, 15) is 9.90 Å². The van der Waals surface area contributed by atoms with Gasteiger partial charge in [0.05, 0.1) is 11.8 Å². The Kier molecular flexibility index (Phi) is 16.6. The molecule has 3 nitrogen and oxygen atoms in total. The number of aliphatic carboxylic acids is 1. The molecule has 0 fully saturated rings. The number of hydrogen-bond acceptors (Lipinski definition) is 2. The zero-order chi connectivity index (χ0) is 17.2. The fraction of sp³-hybridized carbons (Fsp3) is 0.850. The van der Waals surface area contributed by atoms with Crippen molar-refractivity contribution in [2.75, 3.05) is 0 Å². The van der Waals surface area contributed by atoms with Gasteiger partial charge in [0.15, 0.2) is 0 Å². The Morgan fingerprint density at radius 2 is 1.00 bits per heavy atom. The molecule has 0 rings (SSSR count). The average Bonchev–Trinajstić information content (AvgIpc) is 2.50. The molecule has 0 saturated carbocycles. The molecule has 0 aromatic rings. The van der Waals surface area contributed by atoms with Gasteiger partial charge in [-0.25, -0.2) is 4.79 Å². The molecular weight excluding hydrogens is 288 g/mol. The van der Waals surface area contributed by atoms with E-state index in [2.05, 4.69) is 6.92 Å². The Morgan fingerprint density at radius 3 is 1.35 bits per heavy atom. The second kappa shape index (κ2) is 17.4. The Labute approximate surface area is 143 Å². The van der Waals surface area contributed by atoms with E-state index in [-0.39, 0.29) is 5.76 Å². The number of rotatable bonds is 17. The molecule has 0 spiro atoms. The second-order valence-corrected chi connectivity index (χ2v) is 6.67. The number of carboxylic acids is 1. The summed E-state index contributed by atoms with van der Waals surface area (Å²) >= 11 is 0. The van der Waals surface area contributed by atoms with Crippen molar-refractivity contribution in [1.29, 1.82) is 0 Å². The summed E-state index contributed by atoms with van der Waals surface area (Å²) in [4.78, 5) is 10.3.